The van der Waals surface area contributed by atoms with E-state index in [-0.39, 0.29) is 17.9 Å². The van der Waals surface area contributed by atoms with Gasteiger partial charge in [0.15, 0.2) is 11.6 Å². The topological polar surface area (TPSA) is 45.2 Å². The van der Waals surface area contributed by atoms with Crippen molar-refractivity contribution in [3.8, 4) is 0 Å². The third-order valence-corrected chi connectivity index (χ3v) is 6.31. The summed E-state index contributed by atoms with van der Waals surface area (Å²) in [5.74, 6) is -1.58. The van der Waals surface area contributed by atoms with Gasteiger partial charge in [0.2, 0.25) is 0 Å². The summed E-state index contributed by atoms with van der Waals surface area (Å²) < 4.78 is 26.8. The van der Waals surface area contributed by atoms with Gasteiger partial charge in [-0.1, -0.05) is 18.2 Å². The van der Waals surface area contributed by atoms with Crippen molar-refractivity contribution in [1.29, 1.82) is 0 Å². The minimum atomic E-state index is -0.832. The van der Waals surface area contributed by atoms with E-state index in [0.29, 0.717) is 11.4 Å². The lowest BCUT2D eigenvalue weighted by atomic mass is 9.88. The fourth-order valence-corrected chi connectivity index (χ4v) is 4.64. The van der Waals surface area contributed by atoms with Gasteiger partial charge in [-0.2, -0.15) is 0 Å². The van der Waals surface area contributed by atoms with Gasteiger partial charge in [0.25, 0.3) is 5.91 Å². The Morgan fingerprint density at radius 3 is 2.83 bits per heavy atom. The number of aromatic nitrogens is 1. The molecule has 3 heterocycles. The maximum absolute atomic E-state index is 13.6. The zero-order chi connectivity index (χ0) is 20.9. The fourth-order valence-electron chi connectivity index (χ4n) is 4.02. The molecule has 4 nitrogen and oxygen atoms in total. The molecule has 1 aromatic carbocycles. The molecule has 156 valence electrons. The minimum absolute atomic E-state index is 0.0987. The number of nitrogens with one attached hydrogen (secondary N) is 1. The Balaban J connectivity index is 1.51. The van der Waals surface area contributed by atoms with Crippen LogP contribution in [0.4, 0.5) is 8.78 Å². The van der Waals surface area contributed by atoms with Crippen LogP contribution in [0.25, 0.3) is 0 Å². The largest absolute Gasteiger partial charge is 0.343 e. The first kappa shape index (κ1) is 20.6. The van der Waals surface area contributed by atoms with E-state index in [9.17, 15) is 13.6 Å². The molecule has 1 amide bonds. The van der Waals surface area contributed by atoms with Crippen molar-refractivity contribution in [2.24, 2.45) is 5.92 Å². The summed E-state index contributed by atoms with van der Waals surface area (Å²) >= 11 is 1.41. The number of carbonyl (C=O) groups is 1. The zero-order valence-corrected chi connectivity index (χ0v) is 17.2. The lowest BCUT2D eigenvalue weighted by molar-refractivity contribution is 0.0879. The Hall–Kier alpha value is -2.64. The average Bonchev–Trinajstić information content (AvgIpc) is 3.30. The van der Waals surface area contributed by atoms with E-state index in [4.69, 9.17) is 0 Å². The maximum Gasteiger partial charge on any atom is 0.261 e. The molecule has 7 heteroatoms. The highest BCUT2D eigenvalue weighted by atomic mass is 32.1. The fraction of sp³-hybridized carbons (Fsp3) is 0.304. The summed E-state index contributed by atoms with van der Waals surface area (Å²) in [6.45, 7) is 2.16. The molecule has 1 fully saturated rings. The van der Waals surface area contributed by atoms with E-state index in [1.165, 1.54) is 23.5 Å². The first-order chi connectivity index (χ1) is 14.6. The van der Waals surface area contributed by atoms with Gasteiger partial charge in [0.05, 0.1) is 16.6 Å². The second-order valence-electron chi connectivity index (χ2n) is 7.57. The van der Waals surface area contributed by atoms with Crippen molar-refractivity contribution in [2.75, 3.05) is 13.1 Å². The number of likely N-dealkylation sites (tertiary alicyclic amines) is 1. The van der Waals surface area contributed by atoms with Crippen molar-refractivity contribution in [3.05, 3.63) is 87.9 Å². The van der Waals surface area contributed by atoms with Crippen LogP contribution in [0.5, 0.6) is 0 Å². The molecule has 2 atom stereocenters. The number of hydrogen-bond donors (Lipinski definition) is 1. The monoisotopic (exact) mass is 427 g/mol. The standard InChI is InChI=1S/C23H23F2N3OS/c24-18-9-8-16(13-19(18)25)14-28-11-3-5-17(15-28)22(20-6-1-2-10-26-20)27-23(29)21-7-4-12-30-21/h1-2,4,6-10,12-13,17,22H,3,5,11,14-15H2,(H,27,29)/t17-,22-/m1/s1. The van der Waals surface area contributed by atoms with E-state index < -0.39 is 11.6 Å². The molecule has 4 rings (SSSR count). The molecule has 2 aromatic heterocycles. The number of piperidine rings is 1. The van der Waals surface area contributed by atoms with Gasteiger partial charge in [-0.3, -0.25) is 14.7 Å². The Morgan fingerprint density at radius 2 is 2.10 bits per heavy atom. The van der Waals surface area contributed by atoms with Crippen molar-refractivity contribution >= 4 is 17.2 Å². The van der Waals surface area contributed by atoms with Gasteiger partial charge < -0.3 is 5.32 Å². The lowest BCUT2D eigenvalue weighted by Gasteiger charge is -2.37. The summed E-state index contributed by atoms with van der Waals surface area (Å²) in [5.41, 5.74) is 1.58. The molecule has 30 heavy (non-hydrogen) atoms. The van der Waals surface area contributed by atoms with Crippen LogP contribution in [0.1, 0.15) is 39.8 Å². The van der Waals surface area contributed by atoms with E-state index >= 15 is 0 Å². The first-order valence-corrected chi connectivity index (χ1v) is 10.9. The summed E-state index contributed by atoms with van der Waals surface area (Å²) in [6.07, 6.45) is 3.66. The Labute approximate surface area is 178 Å². The third-order valence-electron chi connectivity index (χ3n) is 5.44. The van der Waals surface area contributed by atoms with E-state index in [1.54, 1.807) is 12.3 Å². The highest BCUT2D eigenvalue weighted by Gasteiger charge is 2.31. The number of carbonyl (C=O) groups excluding carboxylic acids is 1. The quantitative estimate of drug-likeness (QED) is 0.614. The molecule has 1 aliphatic rings. The second kappa shape index (κ2) is 9.45. The molecule has 0 saturated carbocycles. The highest BCUT2D eigenvalue weighted by molar-refractivity contribution is 7.12. The molecule has 0 bridgehead atoms. The van der Waals surface area contributed by atoms with Crippen molar-refractivity contribution in [2.45, 2.75) is 25.4 Å². The van der Waals surface area contributed by atoms with E-state index in [1.807, 2.05) is 35.7 Å². The SMILES string of the molecule is O=C(N[C@@H](c1ccccn1)[C@@H]1CCCN(Cc2ccc(F)c(F)c2)C1)c1cccs1. The van der Waals surface area contributed by atoms with Gasteiger partial charge >= 0.3 is 0 Å². The normalized spacial score (nSPS) is 18.1. The van der Waals surface area contributed by atoms with Gasteiger partial charge in [-0.05, 0) is 66.6 Å². The molecule has 1 saturated heterocycles. The Morgan fingerprint density at radius 1 is 1.20 bits per heavy atom. The number of thiophene rings is 1. The maximum atomic E-state index is 13.6. The average molecular weight is 428 g/mol. The highest BCUT2D eigenvalue weighted by Crippen LogP contribution is 2.30. The van der Waals surface area contributed by atoms with Crippen molar-refractivity contribution in [1.82, 2.24) is 15.2 Å². The smallest absolute Gasteiger partial charge is 0.261 e. The number of nitrogens with zero attached hydrogens (tertiary/aromatic N) is 2. The molecule has 1 N–H and O–H groups in total. The van der Waals surface area contributed by atoms with Crippen LogP contribution < -0.4 is 5.32 Å². The number of halogens is 2. The van der Waals surface area contributed by atoms with Gasteiger partial charge in [0.1, 0.15) is 0 Å². The van der Waals surface area contributed by atoms with Crippen molar-refractivity contribution in [3.63, 3.8) is 0 Å². The first-order valence-electron chi connectivity index (χ1n) is 10.0. The molecule has 1 aliphatic heterocycles. The summed E-state index contributed by atoms with van der Waals surface area (Å²) in [5, 5.41) is 5.06. The van der Waals surface area contributed by atoms with Crippen molar-refractivity contribution < 1.29 is 13.6 Å². The van der Waals surface area contributed by atoms with Crippen LogP contribution in [0.2, 0.25) is 0 Å². The number of benzene rings is 1. The summed E-state index contributed by atoms with van der Waals surface area (Å²) in [6, 6.07) is 13.2. The molecule has 0 radical (unpaired) electrons. The molecule has 0 spiro atoms. The number of hydrogen-bond acceptors (Lipinski definition) is 4. The minimum Gasteiger partial charge on any atom is -0.343 e. The summed E-state index contributed by atoms with van der Waals surface area (Å²) in [7, 11) is 0. The molecule has 0 unspecified atom stereocenters. The second-order valence-corrected chi connectivity index (χ2v) is 8.52. The molecule has 0 aliphatic carbocycles. The Kier molecular flexibility index (Phi) is 6.50. The predicted octanol–water partition coefficient (Wildman–Crippen LogP) is 4.80. The van der Waals surface area contributed by atoms with Gasteiger partial charge in [-0.25, -0.2) is 8.78 Å². The molecular weight excluding hydrogens is 404 g/mol. The number of pyridine rings is 1. The van der Waals surface area contributed by atoms with Crippen LogP contribution in [0.3, 0.4) is 0 Å². The van der Waals surface area contributed by atoms with Gasteiger partial charge in [0, 0.05) is 19.3 Å². The summed E-state index contributed by atoms with van der Waals surface area (Å²) in [4.78, 5) is 20.2. The van der Waals surface area contributed by atoms with Gasteiger partial charge in [-0.15, -0.1) is 11.3 Å². The van der Waals surface area contributed by atoms with E-state index in [2.05, 4.69) is 15.2 Å². The number of amides is 1. The number of rotatable bonds is 6. The van der Waals surface area contributed by atoms with Crippen LogP contribution in [0, 0.1) is 17.6 Å². The third kappa shape index (κ3) is 4.91. The molecule has 3 aromatic rings. The van der Waals surface area contributed by atoms with Crippen LogP contribution in [0.15, 0.2) is 60.1 Å². The van der Waals surface area contributed by atoms with E-state index in [0.717, 1.165) is 37.2 Å². The molecular formula is C23H23F2N3OS. The lowest BCUT2D eigenvalue weighted by Crippen LogP contribution is -2.43. The predicted molar refractivity (Wildman–Crippen MR) is 113 cm³/mol. The van der Waals surface area contributed by atoms with Crippen LogP contribution >= 0.6 is 11.3 Å². The van der Waals surface area contributed by atoms with Crippen LogP contribution in [-0.2, 0) is 6.54 Å². The zero-order valence-electron chi connectivity index (χ0n) is 16.4. The van der Waals surface area contributed by atoms with Crippen LogP contribution in [-0.4, -0.2) is 28.9 Å². The Bertz CT molecular complexity index is 981.